The molecule has 0 unspecified atom stereocenters. The summed E-state index contributed by atoms with van der Waals surface area (Å²) in [7, 11) is 1.59. The van der Waals surface area contributed by atoms with E-state index >= 15 is 0 Å². The van der Waals surface area contributed by atoms with Crippen LogP contribution in [-0.4, -0.2) is 42.0 Å². The number of nitrogens with one attached hydrogen (secondary N) is 1. The van der Waals surface area contributed by atoms with E-state index in [1.54, 1.807) is 13.1 Å². The number of carboxylic acids is 1. The third-order valence-electron chi connectivity index (χ3n) is 1.97. The summed E-state index contributed by atoms with van der Waals surface area (Å²) in [6.07, 6.45) is 0. The van der Waals surface area contributed by atoms with E-state index in [1.807, 2.05) is 18.2 Å². The number of anilines is 1. The summed E-state index contributed by atoms with van der Waals surface area (Å²) in [5.74, 6) is -1.17. The van der Waals surface area contributed by atoms with Gasteiger partial charge in [-0.15, -0.1) is 0 Å². The molecule has 1 aromatic rings. The van der Waals surface area contributed by atoms with Gasteiger partial charge >= 0.3 is 5.97 Å². The zero-order chi connectivity index (χ0) is 12.8. The first kappa shape index (κ1) is 13.9. The molecule has 92 valence electrons. The lowest BCUT2D eigenvalue weighted by atomic mass is 10.3. The summed E-state index contributed by atoms with van der Waals surface area (Å²) in [6, 6.07) is 7.40. The van der Waals surface area contributed by atoms with Crippen LogP contribution >= 0.6 is 22.6 Å². The Morgan fingerprint density at radius 3 is 2.59 bits per heavy atom. The van der Waals surface area contributed by atoms with Crippen molar-refractivity contribution in [2.24, 2.45) is 0 Å². The molecule has 0 radical (unpaired) electrons. The number of carbonyl (C=O) groups is 2. The van der Waals surface area contributed by atoms with Crippen LogP contribution in [0.3, 0.4) is 0 Å². The summed E-state index contributed by atoms with van der Waals surface area (Å²) in [5.41, 5.74) is 0.738. The van der Waals surface area contributed by atoms with Crippen molar-refractivity contribution < 1.29 is 14.7 Å². The molecular formula is C11H13IN2O3. The fraction of sp³-hybridized carbons (Fsp3) is 0.273. The van der Waals surface area contributed by atoms with Crippen molar-refractivity contribution in [2.45, 2.75) is 0 Å². The number of carbonyl (C=O) groups excluding carboxylic acids is 1. The molecular weight excluding hydrogens is 335 g/mol. The standard InChI is InChI=1S/C11H13IN2O3/c1-14(7-11(16)17)6-10(15)13-9-5-3-2-4-8(9)12/h2-5H,6-7H2,1H3,(H,13,15)(H,16,17). The monoisotopic (exact) mass is 348 g/mol. The Hall–Kier alpha value is -1.15. The van der Waals surface area contributed by atoms with E-state index in [9.17, 15) is 9.59 Å². The number of para-hydroxylation sites is 1. The molecule has 0 spiro atoms. The van der Waals surface area contributed by atoms with Gasteiger partial charge in [0.15, 0.2) is 0 Å². The highest BCUT2D eigenvalue weighted by Crippen LogP contribution is 2.16. The Kier molecular flexibility index (Phi) is 5.36. The third kappa shape index (κ3) is 5.14. The molecule has 17 heavy (non-hydrogen) atoms. The highest BCUT2D eigenvalue weighted by molar-refractivity contribution is 14.1. The van der Waals surface area contributed by atoms with Crippen LogP contribution in [0.4, 0.5) is 5.69 Å². The smallest absolute Gasteiger partial charge is 0.317 e. The van der Waals surface area contributed by atoms with Crippen molar-refractivity contribution in [2.75, 3.05) is 25.5 Å². The molecule has 2 N–H and O–H groups in total. The van der Waals surface area contributed by atoms with Crippen LogP contribution in [0, 0.1) is 3.57 Å². The average Bonchev–Trinajstić information content (AvgIpc) is 2.19. The zero-order valence-corrected chi connectivity index (χ0v) is 11.5. The van der Waals surface area contributed by atoms with Crippen LogP contribution in [0.1, 0.15) is 0 Å². The zero-order valence-electron chi connectivity index (χ0n) is 9.31. The molecule has 0 saturated heterocycles. The lowest BCUT2D eigenvalue weighted by Crippen LogP contribution is -2.33. The minimum Gasteiger partial charge on any atom is -0.480 e. The number of amides is 1. The largest absolute Gasteiger partial charge is 0.480 e. The van der Waals surface area contributed by atoms with Crippen LogP contribution in [0.25, 0.3) is 0 Å². The highest BCUT2D eigenvalue weighted by atomic mass is 127. The van der Waals surface area contributed by atoms with Crippen molar-refractivity contribution >= 4 is 40.2 Å². The van der Waals surface area contributed by atoms with Gasteiger partial charge in [0.25, 0.3) is 0 Å². The molecule has 0 aliphatic rings. The molecule has 0 bridgehead atoms. The van der Waals surface area contributed by atoms with Gasteiger partial charge in [0.2, 0.25) is 5.91 Å². The number of aliphatic carboxylic acids is 1. The van der Waals surface area contributed by atoms with E-state index in [4.69, 9.17) is 5.11 Å². The number of benzene rings is 1. The third-order valence-corrected chi connectivity index (χ3v) is 2.91. The van der Waals surface area contributed by atoms with Gasteiger partial charge in [0.1, 0.15) is 0 Å². The van der Waals surface area contributed by atoms with E-state index in [2.05, 4.69) is 27.9 Å². The van der Waals surface area contributed by atoms with Gasteiger partial charge in [0.05, 0.1) is 18.8 Å². The first-order valence-corrected chi connectivity index (χ1v) is 6.01. The molecule has 5 nitrogen and oxygen atoms in total. The van der Waals surface area contributed by atoms with E-state index in [0.29, 0.717) is 0 Å². The fourth-order valence-electron chi connectivity index (χ4n) is 1.28. The lowest BCUT2D eigenvalue weighted by molar-refractivity contribution is -0.138. The lowest BCUT2D eigenvalue weighted by Gasteiger charge is -2.14. The van der Waals surface area contributed by atoms with Gasteiger partial charge in [0, 0.05) is 3.57 Å². The summed E-state index contributed by atoms with van der Waals surface area (Å²) >= 11 is 2.12. The van der Waals surface area contributed by atoms with Gasteiger partial charge in [-0.25, -0.2) is 0 Å². The average molecular weight is 348 g/mol. The quantitative estimate of drug-likeness (QED) is 0.786. The highest BCUT2D eigenvalue weighted by Gasteiger charge is 2.10. The van der Waals surface area contributed by atoms with E-state index in [1.165, 1.54) is 4.90 Å². The topological polar surface area (TPSA) is 69.6 Å². The molecule has 0 aliphatic carbocycles. The van der Waals surface area contributed by atoms with Crippen molar-refractivity contribution in [3.63, 3.8) is 0 Å². The SMILES string of the molecule is CN(CC(=O)O)CC(=O)Nc1ccccc1I. The van der Waals surface area contributed by atoms with Gasteiger partial charge in [-0.1, -0.05) is 12.1 Å². The first-order chi connectivity index (χ1) is 7.99. The Morgan fingerprint density at radius 1 is 1.35 bits per heavy atom. The minimum atomic E-state index is -0.949. The second-order valence-electron chi connectivity index (χ2n) is 3.59. The number of hydrogen-bond donors (Lipinski definition) is 2. The number of halogens is 1. The summed E-state index contributed by atoms with van der Waals surface area (Å²) in [4.78, 5) is 23.5. The van der Waals surface area contributed by atoms with Gasteiger partial charge in [-0.05, 0) is 41.8 Å². The molecule has 0 aromatic heterocycles. The second kappa shape index (κ2) is 6.55. The maximum atomic E-state index is 11.6. The van der Waals surface area contributed by atoms with Crippen molar-refractivity contribution in [3.8, 4) is 0 Å². The maximum Gasteiger partial charge on any atom is 0.317 e. The van der Waals surface area contributed by atoms with E-state index < -0.39 is 5.97 Å². The van der Waals surface area contributed by atoms with Crippen LogP contribution in [0.15, 0.2) is 24.3 Å². The van der Waals surface area contributed by atoms with Crippen molar-refractivity contribution in [1.82, 2.24) is 4.90 Å². The van der Waals surface area contributed by atoms with E-state index in [-0.39, 0.29) is 19.0 Å². The Balaban J connectivity index is 2.50. The van der Waals surface area contributed by atoms with E-state index in [0.717, 1.165) is 9.26 Å². The Bertz CT molecular complexity index is 423. The molecule has 0 fully saturated rings. The normalized spacial score (nSPS) is 10.3. The number of carboxylic acid groups (broad SMARTS) is 1. The van der Waals surface area contributed by atoms with Crippen LogP contribution in [0.5, 0.6) is 0 Å². The van der Waals surface area contributed by atoms with Crippen LogP contribution in [-0.2, 0) is 9.59 Å². The Labute approximate surface area is 113 Å². The fourth-order valence-corrected chi connectivity index (χ4v) is 1.81. The van der Waals surface area contributed by atoms with Crippen molar-refractivity contribution in [3.05, 3.63) is 27.8 Å². The van der Waals surface area contributed by atoms with Crippen LogP contribution in [0.2, 0.25) is 0 Å². The number of nitrogens with zero attached hydrogens (tertiary/aromatic N) is 1. The molecule has 6 heteroatoms. The summed E-state index contributed by atoms with van der Waals surface area (Å²) in [5, 5.41) is 11.3. The minimum absolute atomic E-state index is 0.0529. The van der Waals surface area contributed by atoms with Crippen molar-refractivity contribution in [1.29, 1.82) is 0 Å². The summed E-state index contributed by atoms with van der Waals surface area (Å²) in [6.45, 7) is -0.101. The maximum absolute atomic E-state index is 11.6. The van der Waals surface area contributed by atoms with Crippen LogP contribution < -0.4 is 5.32 Å². The Morgan fingerprint density at radius 2 is 2.00 bits per heavy atom. The molecule has 0 atom stereocenters. The molecule has 0 heterocycles. The predicted octanol–water partition coefficient (Wildman–Crippen LogP) is 1.25. The molecule has 0 aliphatic heterocycles. The van der Waals surface area contributed by atoms with Gasteiger partial charge < -0.3 is 10.4 Å². The first-order valence-electron chi connectivity index (χ1n) is 4.93. The molecule has 0 saturated carbocycles. The summed E-state index contributed by atoms with van der Waals surface area (Å²) < 4.78 is 0.944. The molecule has 1 aromatic carbocycles. The predicted molar refractivity (Wildman–Crippen MR) is 72.9 cm³/mol. The van der Waals surface area contributed by atoms with Gasteiger partial charge in [-0.3, -0.25) is 14.5 Å². The number of rotatable bonds is 5. The second-order valence-corrected chi connectivity index (χ2v) is 4.76. The van der Waals surface area contributed by atoms with Gasteiger partial charge in [-0.2, -0.15) is 0 Å². The number of hydrogen-bond acceptors (Lipinski definition) is 3. The molecule has 1 amide bonds. The number of likely N-dealkylation sites (N-methyl/N-ethyl adjacent to an activating group) is 1. The molecule has 1 rings (SSSR count).